The van der Waals surface area contributed by atoms with Gasteiger partial charge in [0.15, 0.2) is 5.16 Å². The molecule has 3 rings (SSSR count). The molecule has 1 amide bonds. The number of benzene rings is 2. The van der Waals surface area contributed by atoms with Crippen LogP contribution in [0.5, 0.6) is 0 Å². The Kier molecular flexibility index (Phi) is 5.42. The van der Waals surface area contributed by atoms with E-state index in [0.29, 0.717) is 22.6 Å². The molecule has 6 heteroatoms. The van der Waals surface area contributed by atoms with Crippen molar-refractivity contribution in [2.75, 3.05) is 12.3 Å². The van der Waals surface area contributed by atoms with Crippen LogP contribution in [0.15, 0.2) is 52.4 Å². The summed E-state index contributed by atoms with van der Waals surface area (Å²) in [6, 6.07) is 13.3. The number of nitrogens with zero attached hydrogens (tertiary/aromatic N) is 2. The predicted octanol–water partition coefficient (Wildman–Crippen LogP) is 3.23. The fourth-order valence-corrected chi connectivity index (χ4v) is 3.60. The average Bonchev–Trinajstić information content (AvgIpc) is 2.63. The summed E-state index contributed by atoms with van der Waals surface area (Å²) in [5, 5.41) is 3.86. The second-order valence-electron chi connectivity index (χ2n) is 6.08. The van der Waals surface area contributed by atoms with E-state index in [1.54, 1.807) is 10.6 Å². The molecule has 0 unspecified atom stereocenters. The number of hydrogen-bond acceptors (Lipinski definition) is 4. The summed E-state index contributed by atoms with van der Waals surface area (Å²) >= 11 is 1.27. The van der Waals surface area contributed by atoms with Crippen molar-refractivity contribution in [2.24, 2.45) is 0 Å². The molecule has 1 heterocycles. The van der Waals surface area contributed by atoms with Crippen molar-refractivity contribution in [2.45, 2.75) is 25.9 Å². The van der Waals surface area contributed by atoms with Gasteiger partial charge in [-0.15, -0.1) is 0 Å². The van der Waals surface area contributed by atoms with Crippen LogP contribution in [0.3, 0.4) is 0 Å². The van der Waals surface area contributed by atoms with Gasteiger partial charge in [0.2, 0.25) is 5.91 Å². The van der Waals surface area contributed by atoms with Crippen LogP contribution in [0.4, 0.5) is 0 Å². The molecule has 2 aromatic carbocycles. The molecule has 26 heavy (non-hydrogen) atoms. The summed E-state index contributed by atoms with van der Waals surface area (Å²) in [7, 11) is 0. The minimum atomic E-state index is -0.123. The van der Waals surface area contributed by atoms with Gasteiger partial charge in [-0.3, -0.25) is 14.2 Å². The molecule has 0 radical (unpaired) electrons. The fourth-order valence-electron chi connectivity index (χ4n) is 2.76. The third-order valence-corrected chi connectivity index (χ3v) is 5.00. The maximum atomic E-state index is 13.2. The predicted molar refractivity (Wildman–Crippen MR) is 106 cm³/mol. The van der Waals surface area contributed by atoms with E-state index in [4.69, 9.17) is 0 Å². The van der Waals surface area contributed by atoms with Crippen LogP contribution in [-0.4, -0.2) is 27.8 Å². The van der Waals surface area contributed by atoms with Crippen molar-refractivity contribution in [3.8, 4) is 5.69 Å². The Labute approximate surface area is 156 Å². The number of thioether (sulfide) groups is 1. The number of carbonyl (C=O) groups excluding carboxylic acids is 1. The Morgan fingerprint density at radius 1 is 1.19 bits per heavy atom. The van der Waals surface area contributed by atoms with Crippen LogP contribution in [0.1, 0.15) is 18.1 Å². The third-order valence-electron chi connectivity index (χ3n) is 4.06. The lowest BCUT2D eigenvalue weighted by atomic mass is 10.1. The number of fused-ring (bicyclic) bond motifs is 1. The highest BCUT2D eigenvalue weighted by Crippen LogP contribution is 2.23. The number of rotatable bonds is 5. The van der Waals surface area contributed by atoms with Crippen molar-refractivity contribution in [3.63, 3.8) is 0 Å². The van der Waals surface area contributed by atoms with Crippen LogP contribution in [0, 0.1) is 13.8 Å². The molecule has 5 nitrogen and oxygen atoms in total. The van der Waals surface area contributed by atoms with Crippen LogP contribution >= 0.6 is 11.8 Å². The highest BCUT2D eigenvalue weighted by Gasteiger charge is 2.16. The average molecular weight is 367 g/mol. The molecule has 0 bridgehead atoms. The number of nitrogens with one attached hydrogen (secondary N) is 1. The lowest BCUT2D eigenvalue weighted by Gasteiger charge is -2.15. The zero-order chi connectivity index (χ0) is 18.7. The van der Waals surface area contributed by atoms with Crippen molar-refractivity contribution in [1.82, 2.24) is 14.9 Å². The molecule has 0 saturated heterocycles. The van der Waals surface area contributed by atoms with Gasteiger partial charge >= 0.3 is 0 Å². The summed E-state index contributed by atoms with van der Waals surface area (Å²) in [6.45, 7) is 6.41. The first kappa shape index (κ1) is 18.2. The quantitative estimate of drug-likeness (QED) is 0.555. The van der Waals surface area contributed by atoms with Crippen molar-refractivity contribution in [3.05, 3.63) is 63.9 Å². The van der Waals surface area contributed by atoms with Gasteiger partial charge in [-0.25, -0.2) is 4.98 Å². The monoisotopic (exact) mass is 367 g/mol. The molecular weight excluding hydrogens is 346 g/mol. The Bertz CT molecular complexity index is 1030. The summed E-state index contributed by atoms with van der Waals surface area (Å²) in [6.07, 6.45) is 0. The molecule has 0 aliphatic rings. The number of carbonyl (C=O) groups is 1. The topological polar surface area (TPSA) is 64.0 Å². The molecule has 0 spiro atoms. The summed E-state index contributed by atoms with van der Waals surface area (Å²) in [4.78, 5) is 29.7. The van der Waals surface area contributed by atoms with Gasteiger partial charge < -0.3 is 5.32 Å². The lowest BCUT2D eigenvalue weighted by molar-refractivity contribution is -0.118. The van der Waals surface area contributed by atoms with Gasteiger partial charge in [0.25, 0.3) is 5.56 Å². The van der Waals surface area contributed by atoms with Crippen LogP contribution < -0.4 is 10.9 Å². The van der Waals surface area contributed by atoms with E-state index in [9.17, 15) is 9.59 Å². The largest absolute Gasteiger partial charge is 0.356 e. The van der Waals surface area contributed by atoms with E-state index in [-0.39, 0.29) is 17.2 Å². The number of amides is 1. The van der Waals surface area contributed by atoms with Gasteiger partial charge in [-0.05, 0) is 50.1 Å². The SMILES string of the molecule is CCNC(=O)CSc1nc2ccccc2c(=O)n1-c1cc(C)ccc1C. The second-order valence-corrected chi connectivity index (χ2v) is 7.03. The van der Waals surface area contributed by atoms with Crippen LogP contribution in [0.25, 0.3) is 16.6 Å². The first-order chi connectivity index (χ1) is 12.5. The summed E-state index contributed by atoms with van der Waals surface area (Å²) in [5.74, 6) is 0.135. The highest BCUT2D eigenvalue weighted by molar-refractivity contribution is 7.99. The molecule has 134 valence electrons. The van der Waals surface area contributed by atoms with E-state index >= 15 is 0 Å². The van der Waals surface area contributed by atoms with E-state index < -0.39 is 0 Å². The van der Waals surface area contributed by atoms with E-state index in [2.05, 4.69) is 10.3 Å². The molecule has 0 saturated carbocycles. The Morgan fingerprint density at radius 2 is 1.96 bits per heavy atom. The molecule has 3 aromatic rings. The molecule has 0 aliphatic heterocycles. The normalized spacial score (nSPS) is 10.9. The maximum absolute atomic E-state index is 13.2. The first-order valence-electron chi connectivity index (χ1n) is 8.50. The molecular formula is C20H21N3O2S. The maximum Gasteiger partial charge on any atom is 0.266 e. The van der Waals surface area contributed by atoms with Crippen LogP contribution in [0.2, 0.25) is 0 Å². The molecule has 0 atom stereocenters. The fraction of sp³-hybridized carbons (Fsp3) is 0.250. The smallest absolute Gasteiger partial charge is 0.266 e. The molecule has 1 aromatic heterocycles. The van der Waals surface area contributed by atoms with Gasteiger partial charge in [0.1, 0.15) is 0 Å². The second kappa shape index (κ2) is 7.74. The van der Waals surface area contributed by atoms with Gasteiger partial charge in [0, 0.05) is 6.54 Å². The molecule has 1 N–H and O–H groups in total. The number of aromatic nitrogens is 2. The van der Waals surface area contributed by atoms with E-state index in [1.807, 2.05) is 57.2 Å². The Morgan fingerprint density at radius 3 is 2.73 bits per heavy atom. The lowest BCUT2D eigenvalue weighted by Crippen LogP contribution is -2.26. The minimum Gasteiger partial charge on any atom is -0.356 e. The number of para-hydroxylation sites is 1. The van der Waals surface area contributed by atoms with E-state index in [0.717, 1.165) is 16.8 Å². The first-order valence-corrected chi connectivity index (χ1v) is 9.48. The third kappa shape index (κ3) is 3.65. The van der Waals surface area contributed by atoms with Crippen LogP contribution in [-0.2, 0) is 4.79 Å². The van der Waals surface area contributed by atoms with Gasteiger partial charge in [-0.2, -0.15) is 0 Å². The Balaban J connectivity index is 2.19. The molecule has 0 aliphatic carbocycles. The number of hydrogen-bond donors (Lipinski definition) is 1. The van der Waals surface area contributed by atoms with Crippen molar-refractivity contribution >= 4 is 28.6 Å². The molecule has 0 fully saturated rings. The van der Waals surface area contributed by atoms with E-state index in [1.165, 1.54) is 11.8 Å². The zero-order valence-corrected chi connectivity index (χ0v) is 15.9. The Hall–Kier alpha value is -2.60. The van der Waals surface area contributed by atoms with Gasteiger partial charge in [-0.1, -0.05) is 36.0 Å². The summed E-state index contributed by atoms with van der Waals surface area (Å²) in [5.41, 5.74) is 3.35. The zero-order valence-electron chi connectivity index (χ0n) is 15.1. The van der Waals surface area contributed by atoms with Crippen molar-refractivity contribution < 1.29 is 4.79 Å². The van der Waals surface area contributed by atoms with Crippen molar-refractivity contribution in [1.29, 1.82) is 0 Å². The standard InChI is InChI=1S/C20H21N3O2S/c1-4-21-18(24)12-26-20-22-16-8-6-5-7-15(16)19(25)23(20)17-11-13(2)9-10-14(17)3/h5-11H,4,12H2,1-3H3,(H,21,24). The van der Waals surface area contributed by atoms with Gasteiger partial charge in [0.05, 0.1) is 22.3 Å². The number of aryl methyl sites for hydroxylation is 2. The summed E-state index contributed by atoms with van der Waals surface area (Å²) < 4.78 is 1.62. The highest BCUT2D eigenvalue weighted by atomic mass is 32.2. The minimum absolute atomic E-state index is 0.0765.